The number of ether oxygens (including phenoxy) is 1. The Balaban J connectivity index is 1.61. The minimum atomic E-state index is -3.98. The minimum absolute atomic E-state index is 0.121. The molecule has 0 atom stereocenters. The van der Waals surface area contributed by atoms with Gasteiger partial charge in [0.25, 0.3) is 0 Å². The maximum absolute atomic E-state index is 12.5. The molecule has 0 aromatic heterocycles. The lowest BCUT2D eigenvalue weighted by atomic mass is 9.70. The summed E-state index contributed by atoms with van der Waals surface area (Å²) < 4.78 is 43.4. The summed E-state index contributed by atoms with van der Waals surface area (Å²) in [7, 11) is 0. The number of unbranched alkanes of at least 4 members (excludes halogenated alkanes) is 2. The summed E-state index contributed by atoms with van der Waals surface area (Å²) in [6.45, 7) is 3.10. The Hall–Kier alpha value is -0.250. The van der Waals surface area contributed by atoms with Gasteiger partial charge in [-0.2, -0.15) is 13.2 Å². The quantitative estimate of drug-likeness (QED) is 0.482. The van der Waals surface area contributed by atoms with E-state index in [1.165, 1.54) is 32.1 Å². The van der Waals surface area contributed by atoms with E-state index in [2.05, 4.69) is 6.92 Å². The van der Waals surface area contributed by atoms with Gasteiger partial charge in [-0.15, -0.1) is 0 Å². The van der Waals surface area contributed by atoms with Crippen molar-refractivity contribution >= 4 is 0 Å². The van der Waals surface area contributed by atoms with Crippen LogP contribution in [0.1, 0.15) is 84.0 Å². The first-order valence-corrected chi connectivity index (χ1v) is 9.66. The zero-order valence-corrected chi connectivity index (χ0v) is 14.5. The van der Waals surface area contributed by atoms with Gasteiger partial charge < -0.3 is 4.74 Å². The Morgan fingerprint density at radius 3 is 1.91 bits per heavy atom. The highest BCUT2D eigenvalue weighted by atomic mass is 19.4. The van der Waals surface area contributed by atoms with Crippen molar-refractivity contribution in [2.75, 3.05) is 6.61 Å². The van der Waals surface area contributed by atoms with E-state index in [0.29, 0.717) is 12.0 Å². The van der Waals surface area contributed by atoms with Crippen molar-refractivity contribution in [1.29, 1.82) is 0 Å². The molecule has 0 unspecified atom stereocenters. The van der Waals surface area contributed by atoms with E-state index in [-0.39, 0.29) is 5.92 Å². The van der Waals surface area contributed by atoms with Gasteiger partial charge in [0.1, 0.15) is 0 Å². The Kier molecular flexibility index (Phi) is 7.71. The lowest BCUT2D eigenvalue weighted by Gasteiger charge is -2.38. The molecule has 1 nitrogen and oxygen atoms in total. The standard InChI is InChI=1S/C19H33F3O/c1-2-3-4-13-23-18-11-9-17(10-12-18)16-7-5-15(6-8-16)14-19(20,21)22/h15-18H,2-14H2,1H3. The number of alkyl halides is 3. The predicted molar refractivity (Wildman–Crippen MR) is 87.3 cm³/mol. The number of rotatable bonds is 7. The van der Waals surface area contributed by atoms with Crippen LogP contribution in [-0.4, -0.2) is 18.9 Å². The molecule has 2 aliphatic carbocycles. The van der Waals surface area contributed by atoms with E-state index >= 15 is 0 Å². The summed E-state index contributed by atoms with van der Waals surface area (Å²) in [5.74, 6) is 1.28. The highest BCUT2D eigenvalue weighted by Crippen LogP contribution is 2.43. The predicted octanol–water partition coefficient (Wildman–Crippen LogP) is 6.51. The smallest absolute Gasteiger partial charge is 0.378 e. The van der Waals surface area contributed by atoms with Crippen LogP contribution in [0, 0.1) is 17.8 Å². The summed E-state index contributed by atoms with van der Waals surface area (Å²) in [6, 6.07) is 0. The first-order valence-electron chi connectivity index (χ1n) is 9.66. The van der Waals surface area contributed by atoms with Crippen LogP contribution in [0.3, 0.4) is 0 Å². The van der Waals surface area contributed by atoms with E-state index < -0.39 is 12.6 Å². The van der Waals surface area contributed by atoms with Gasteiger partial charge in [0, 0.05) is 13.0 Å². The number of halogens is 3. The monoisotopic (exact) mass is 334 g/mol. The molecule has 2 rings (SSSR count). The second kappa shape index (κ2) is 9.29. The normalized spacial score (nSPS) is 32.9. The average Bonchev–Trinajstić information content (AvgIpc) is 2.52. The van der Waals surface area contributed by atoms with E-state index in [4.69, 9.17) is 4.74 Å². The third-order valence-electron chi connectivity index (χ3n) is 5.90. The highest BCUT2D eigenvalue weighted by molar-refractivity contribution is 4.83. The van der Waals surface area contributed by atoms with Crippen molar-refractivity contribution in [2.45, 2.75) is 96.3 Å². The summed E-state index contributed by atoms with van der Waals surface area (Å²) in [5, 5.41) is 0. The molecular weight excluding hydrogens is 301 g/mol. The average molecular weight is 334 g/mol. The topological polar surface area (TPSA) is 9.23 Å². The molecule has 23 heavy (non-hydrogen) atoms. The minimum Gasteiger partial charge on any atom is -0.378 e. The molecule has 2 fully saturated rings. The van der Waals surface area contributed by atoms with Crippen molar-refractivity contribution in [2.24, 2.45) is 17.8 Å². The molecule has 0 radical (unpaired) electrons. The highest BCUT2D eigenvalue weighted by Gasteiger charge is 2.36. The van der Waals surface area contributed by atoms with Crippen LogP contribution in [0.15, 0.2) is 0 Å². The lowest BCUT2D eigenvalue weighted by Crippen LogP contribution is -2.29. The Bertz CT molecular complexity index is 313. The third kappa shape index (κ3) is 7.03. The van der Waals surface area contributed by atoms with Crippen LogP contribution >= 0.6 is 0 Å². The van der Waals surface area contributed by atoms with E-state index in [1.54, 1.807) is 0 Å². The van der Waals surface area contributed by atoms with Crippen molar-refractivity contribution in [3.8, 4) is 0 Å². The summed E-state index contributed by atoms with van der Waals surface area (Å²) >= 11 is 0. The fourth-order valence-electron chi connectivity index (χ4n) is 4.52. The van der Waals surface area contributed by atoms with Crippen molar-refractivity contribution < 1.29 is 17.9 Å². The fourth-order valence-corrected chi connectivity index (χ4v) is 4.52. The molecule has 2 saturated carbocycles. The van der Waals surface area contributed by atoms with Crippen LogP contribution in [-0.2, 0) is 4.74 Å². The molecule has 0 N–H and O–H groups in total. The van der Waals surface area contributed by atoms with Crippen LogP contribution in [0.2, 0.25) is 0 Å². The van der Waals surface area contributed by atoms with Gasteiger partial charge in [0.15, 0.2) is 0 Å². The summed E-state index contributed by atoms with van der Waals surface area (Å²) in [6.07, 6.45) is 7.82. The second-order valence-corrected chi connectivity index (χ2v) is 7.71. The van der Waals surface area contributed by atoms with Gasteiger partial charge in [-0.25, -0.2) is 0 Å². The maximum atomic E-state index is 12.5. The van der Waals surface area contributed by atoms with Gasteiger partial charge in [-0.1, -0.05) is 19.8 Å². The molecule has 136 valence electrons. The third-order valence-corrected chi connectivity index (χ3v) is 5.90. The van der Waals surface area contributed by atoms with Gasteiger partial charge in [-0.05, 0) is 75.5 Å². The molecule has 0 aromatic carbocycles. The summed E-state index contributed by atoms with van der Waals surface area (Å²) in [5.41, 5.74) is 0. The van der Waals surface area contributed by atoms with Gasteiger partial charge in [0.05, 0.1) is 6.10 Å². The van der Waals surface area contributed by atoms with Crippen LogP contribution in [0.5, 0.6) is 0 Å². The van der Waals surface area contributed by atoms with Crippen LogP contribution < -0.4 is 0 Å². The second-order valence-electron chi connectivity index (χ2n) is 7.71. The molecule has 4 heteroatoms. The van der Waals surface area contributed by atoms with Crippen LogP contribution in [0.4, 0.5) is 13.2 Å². The molecule has 2 aliphatic rings. The Labute approximate surface area is 139 Å². The summed E-state index contributed by atoms with van der Waals surface area (Å²) in [4.78, 5) is 0. The maximum Gasteiger partial charge on any atom is 0.389 e. The lowest BCUT2D eigenvalue weighted by molar-refractivity contribution is -0.147. The first kappa shape index (κ1) is 19.1. The molecule has 0 heterocycles. The fraction of sp³-hybridized carbons (Fsp3) is 1.00. The zero-order valence-electron chi connectivity index (χ0n) is 14.5. The Morgan fingerprint density at radius 2 is 1.39 bits per heavy atom. The van der Waals surface area contributed by atoms with Gasteiger partial charge in [0.2, 0.25) is 0 Å². The van der Waals surface area contributed by atoms with Gasteiger partial charge in [-0.3, -0.25) is 0 Å². The number of hydrogen-bond acceptors (Lipinski definition) is 1. The van der Waals surface area contributed by atoms with E-state index in [0.717, 1.165) is 51.0 Å². The SMILES string of the molecule is CCCCCOC1CCC(C2CCC(CC(F)(F)F)CC2)CC1. The largest absolute Gasteiger partial charge is 0.389 e. The van der Waals surface area contributed by atoms with Gasteiger partial charge >= 0.3 is 6.18 Å². The molecular formula is C19H33F3O. The van der Waals surface area contributed by atoms with E-state index in [1.807, 2.05) is 0 Å². The van der Waals surface area contributed by atoms with E-state index in [9.17, 15) is 13.2 Å². The number of hydrogen-bond donors (Lipinski definition) is 0. The molecule has 0 amide bonds. The molecule has 0 aromatic rings. The van der Waals surface area contributed by atoms with Crippen molar-refractivity contribution in [1.82, 2.24) is 0 Å². The first-order chi connectivity index (χ1) is 11.0. The van der Waals surface area contributed by atoms with Crippen LogP contribution in [0.25, 0.3) is 0 Å². The molecule has 0 aliphatic heterocycles. The zero-order chi connectivity index (χ0) is 16.7. The van der Waals surface area contributed by atoms with Crippen molar-refractivity contribution in [3.05, 3.63) is 0 Å². The molecule has 0 spiro atoms. The molecule has 0 bridgehead atoms. The Morgan fingerprint density at radius 1 is 0.826 bits per heavy atom. The molecule has 0 saturated heterocycles. The van der Waals surface area contributed by atoms with Crippen molar-refractivity contribution in [3.63, 3.8) is 0 Å².